The predicted octanol–water partition coefficient (Wildman–Crippen LogP) is 4.58. The molecule has 4 aromatic rings. The van der Waals surface area contributed by atoms with E-state index in [1.54, 1.807) is 25.1 Å². The van der Waals surface area contributed by atoms with Crippen LogP contribution in [0.4, 0.5) is 4.39 Å². The van der Waals surface area contributed by atoms with Crippen LogP contribution in [0.3, 0.4) is 0 Å². The molecule has 0 amide bonds. The number of aliphatic hydroxyl groups excluding tert-OH is 1. The number of halogens is 1. The van der Waals surface area contributed by atoms with E-state index in [-0.39, 0.29) is 18.0 Å². The van der Waals surface area contributed by atoms with E-state index in [9.17, 15) is 19.1 Å². The van der Waals surface area contributed by atoms with Gasteiger partial charge in [0.25, 0.3) is 0 Å². The molecule has 0 saturated heterocycles. The Morgan fingerprint density at radius 3 is 2.42 bits per heavy atom. The first kappa shape index (κ1) is 25.2. The van der Waals surface area contributed by atoms with Crippen molar-refractivity contribution in [2.75, 3.05) is 13.7 Å². The molecule has 0 bridgehead atoms. The summed E-state index contributed by atoms with van der Waals surface area (Å²) in [5.74, 6) is -0.653. The molecule has 4 rings (SSSR count). The van der Waals surface area contributed by atoms with Gasteiger partial charge in [-0.15, -0.1) is 0 Å². The molecular weight excluding hydrogens is 463 g/mol. The van der Waals surface area contributed by atoms with Gasteiger partial charge in [-0.1, -0.05) is 31.2 Å². The molecule has 4 N–H and O–H groups in total. The third kappa shape index (κ3) is 5.06. The van der Waals surface area contributed by atoms with Crippen molar-refractivity contribution in [2.45, 2.75) is 25.6 Å². The number of ketones is 1. The van der Waals surface area contributed by atoms with Crippen molar-refractivity contribution in [1.29, 1.82) is 0 Å². The monoisotopic (exact) mass is 490 g/mol. The number of ether oxygens (including phenoxy) is 1. The third-order valence-electron chi connectivity index (χ3n) is 6.02. The number of carbonyl (C=O) groups is 2. The van der Waals surface area contributed by atoms with Crippen LogP contribution >= 0.6 is 0 Å². The summed E-state index contributed by atoms with van der Waals surface area (Å²) in [7, 11) is 1.24. The van der Waals surface area contributed by atoms with Crippen molar-refractivity contribution in [1.82, 2.24) is 5.32 Å². The maximum Gasteiger partial charge on any atom is 0.325 e. The van der Waals surface area contributed by atoms with E-state index in [0.717, 1.165) is 11.1 Å². The van der Waals surface area contributed by atoms with Gasteiger partial charge >= 0.3 is 5.97 Å². The van der Waals surface area contributed by atoms with E-state index in [0.29, 0.717) is 33.4 Å². The molecule has 3 aromatic carbocycles. The van der Waals surface area contributed by atoms with Crippen molar-refractivity contribution in [3.63, 3.8) is 0 Å². The van der Waals surface area contributed by atoms with Crippen molar-refractivity contribution in [3.8, 4) is 22.5 Å². The van der Waals surface area contributed by atoms with Gasteiger partial charge in [-0.25, -0.2) is 4.39 Å². The highest BCUT2D eigenvalue weighted by Crippen LogP contribution is 2.37. The summed E-state index contributed by atoms with van der Waals surface area (Å²) in [5, 5.41) is 13.0. The molecule has 7 nitrogen and oxygen atoms in total. The third-order valence-corrected chi connectivity index (χ3v) is 6.02. The van der Waals surface area contributed by atoms with Crippen LogP contribution in [0.1, 0.15) is 35.4 Å². The summed E-state index contributed by atoms with van der Waals surface area (Å²) in [6, 6.07) is 17.9. The minimum atomic E-state index is -0.955. The number of hydrogen-bond acceptors (Lipinski definition) is 7. The van der Waals surface area contributed by atoms with Gasteiger partial charge in [0, 0.05) is 17.4 Å². The van der Waals surface area contributed by atoms with Crippen LogP contribution in [0.2, 0.25) is 0 Å². The fourth-order valence-electron chi connectivity index (χ4n) is 4.10. The van der Waals surface area contributed by atoms with Crippen LogP contribution in [-0.4, -0.2) is 36.6 Å². The van der Waals surface area contributed by atoms with Gasteiger partial charge < -0.3 is 20.0 Å². The Bertz CT molecular complexity index is 1400. The first-order chi connectivity index (χ1) is 17.4. The van der Waals surface area contributed by atoms with Gasteiger partial charge in [-0.3, -0.25) is 14.9 Å². The minimum absolute atomic E-state index is 0.0805. The van der Waals surface area contributed by atoms with E-state index in [4.69, 9.17) is 10.2 Å². The van der Waals surface area contributed by atoms with Gasteiger partial charge in [0.2, 0.25) is 0 Å². The quantitative estimate of drug-likeness (QED) is 0.179. The molecule has 186 valence electrons. The fourth-order valence-corrected chi connectivity index (χ4v) is 4.10. The van der Waals surface area contributed by atoms with Crippen LogP contribution in [0, 0.1) is 5.82 Å². The first-order valence-corrected chi connectivity index (χ1v) is 11.5. The molecule has 36 heavy (non-hydrogen) atoms. The lowest BCUT2D eigenvalue weighted by Crippen LogP contribution is -2.45. The molecule has 0 fully saturated rings. The van der Waals surface area contributed by atoms with Crippen LogP contribution in [0.25, 0.3) is 33.4 Å². The average molecular weight is 491 g/mol. The van der Waals surface area contributed by atoms with Crippen LogP contribution in [0.15, 0.2) is 71.1 Å². The highest BCUT2D eigenvalue weighted by atomic mass is 19.1. The summed E-state index contributed by atoms with van der Waals surface area (Å²) in [4.78, 5) is 24.7. The lowest BCUT2D eigenvalue weighted by Gasteiger charge is -2.20. The van der Waals surface area contributed by atoms with Gasteiger partial charge in [0.15, 0.2) is 5.78 Å². The molecule has 1 unspecified atom stereocenters. The molecule has 0 radical (unpaired) electrons. The van der Waals surface area contributed by atoms with Crippen molar-refractivity contribution < 1.29 is 28.2 Å². The molecule has 0 aliphatic heterocycles. The topological polar surface area (TPSA) is 115 Å². The fraction of sp³-hybridized carbons (Fsp3) is 0.214. The number of methoxy groups -OCH3 is 1. The second kappa shape index (κ2) is 10.8. The molecule has 2 atom stereocenters. The van der Waals surface area contributed by atoms with Crippen LogP contribution in [-0.2, 0) is 9.53 Å². The lowest BCUT2D eigenvalue weighted by molar-refractivity contribution is -0.144. The summed E-state index contributed by atoms with van der Waals surface area (Å²) in [6.07, 6.45) is -0.448. The van der Waals surface area contributed by atoms with E-state index in [1.165, 1.54) is 19.2 Å². The van der Waals surface area contributed by atoms with E-state index in [2.05, 4.69) is 10.1 Å². The highest BCUT2D eigenvalue weighted by Gasteiger charge is 2.23. The normalized spacial score (nSPS) is 12.9. The van der Waals surface area contributed by atoms with Gasteiger partial charge in [0.1, 0.15) is 23.2 Å². The Morgan fingerprint density at radius 2 is 1.75 bits per heavy atom. The number of nitrogens with one attached hydrogen (secondary N) is 1. The largest absolute Gasteiger partial charge is 0.468 e. The Morgan fingerprint density at radius 1 is 1.06 bits per heavy atom. The lowest BCUT2D eigenvalue weighted by atomic mass is 9.96. The average Bonchev–Trinajstić information content (AvgIpc) is 3.30. The first-order valence-electron chi connectivity index (χ1n) is 11.5. The maximum absolute atomic E-state index is 13.5. The molecule has 0 aliphatic carbocycles. The summed E-state index contributed by atoms with van der Waals surface area (Å²) in [5.41, 5.74) is 10.2. The van der Waals surface area contributed by atoms with Crippen molar-refractivity contribution >= 4 is 22.7 Å². The zero-order valence-electron chi connectivity index (χ0n) is 20.0. The van der Waals surface area contributed by atoms with Crippen molar-refractivity contribution in [2.24, 2.45) is 5.73 Å². The standard InChI is InChI=1S/C28H27FN2O5/c1-3-23(33)25-21-14-18(9-12-24(21)36-26(25)16-7-10-20(29)11-8-16)17-5-4-6-19(13-17)27(30)31-22(15-32)28(34)35-2/h4-14,22,27,31-32H,3,15,30H2,1-2H3/t22-,27?/m1/s1. The molecule has 0 saturated carbocycles. The minimum Gasteiger partial charge on any atom is -0.468 e. The zero-order valence-corrected chi connectivity index (χ0v) is 20.0. The number of fused-ring (bicyclic) bond motifs is 1. The molecule has 0 aliphatic rings. The number of esters is 1. The highest BCUT2D eigenvalue weighted by molar-refractivity contribution is 6.12. The smallest absolute Gasteiger partial charge is 0.325 e. The summed E-state index contributed by atoms with van der Waals surface area (Å²) < 4.78 is 24.2. The molecular formula is C28H27FN2O5. The number of furan rings is 1. The Hall–Kier alpha value is -3.85. The maximum atomic E-state index is 13.5. The predicted molar refractivity (Wildman–Crippen MR) is 135 cm³/mol. The number of hydrogen-bond donors (Lipinski definition) is 3. The van der Waals surface area contributed by atoms with Gasteiger partial charge in [0.05, 0.1) is 25.4 Å². The second-order valence-electron chi connectivity index (χ2n) is 8.33. The summed E-state index contributed by atoms with van der Waals surface area (Å²) in [6.45, 7) is 1.33. The molecule has 1 heterocycles. The second-order valence-corrected chi connectivity index (χ2v) is 8.33. The number of nitrogens with two attached hydrogens (primary N) is 1. The van der Waals surface area contributed by atoms with E-state index >= 15 is 0 Å². The number of aliphatic hydroxyl groups is 1. The van der Waals surface area contributed by atoms with E-state index < -0.39 is 24.8 Å². The van der Waals surface area contributed by atoms with E-state index in [1.807, 2.05) is 36.4 Å². The van der Waals surface area contributed by atoms with Crippen molar-refractivity contribution in [3.05, 3.63) is 83.7 Å². The van der Waals surface area contributed by atoms with Gasteiger partial charge in [-0.05, 0) is 59.2 Å². The SMILES string of the molecule is CCC(=O)c1c(-c2ccc(F)cc2)oc2ccc(-c3cccc(C(N)N[C@H](CO)C(=O)OC)c3)cc12. The Labute approximate surface area is 207 Å². The number of benzene rings is 3. The number of Topliss-reactive ketones (excluding diaryl/α,β-unsaturated/α-hetero) is 1. The van der Waals surface area contributed by atoms with Crippen LogP contribution in [0.5, 0.6) is 0 Å². The molecule has 8 heteroatoms. The van der Waals surface area contributed by atoms with Crippen LogP contribution < -0.4 is 11.1 Å². The van der Waals surface area contributed by atoms with Gasteiger partial charge in [-0.2, -0.15) is 0 Å². The molecule has 0 spiro atoms. The zero-order chi connectivity index (χ0) is 25.8. The Kier molecular flexibility index (Phi) is 7.59. The molecule has 1 aromatic heterocycles. The number of rotatable bonds is 9. The Balaban J connectivity index is 1.73. The number of carbonyl (C=O) groups excluding carboxylic acids is 2. The summed E-state index contributed by atoms with van der Waals surface area (Å²) >= 11 is 0.